The highest BCUT2D eigenvalue weighted by molar-refractivity contribution is 7.98. The topological polar surface area (TPSA) is 122 Å². The van der Waals surface area contributed by atoms with Crippen LogP contribution in [0.4, 0.5) is 0 Å². The van der Waals surface area contributed by atoms with E-state index in [1.165, 1.54) is 13.2 Å². The van der Waals surface area contributed by atoms with Gasteiger partial charge in [0.2, 0.25) is 0 Å². The zero-order valence-corrected chi connectivity index (χ0v) is 20.4. The van der Waals surface area contributed by atoms with Crippen molar-refractivity contribution in [2.24, 2.45) is 0 Å². The van der Waals surface area contributed by atoms with Crippen molar-refractivity contribution in [2.75, 3.05) is 13.7 Å². The molecule has 4 aromatic rings. The van der Waals surface area contributed by atoms with Gasteiger partial charge in [-0.15, -0.1) is 11.8 Å². The van der Waals surface area contributed by atoms with Crippen LogP contribution in [0.5, 0.6) is 5.75 Å². The maximum Gasteiger partial charge on any atom is 0.336 e. The Labute approximate surface area is 212 Å². The van der Waals surface area contributed by atoms with Gasteiger partial charge in [-0.05, 0) is 60.0 Å². The number of benzene rings is 2. The minimum Gasteiger partial charge on any atom is -0.508 e. The summed E-state index contributed by atoms with van der Waals surface area (Å²) in [6.45, 7) is 0.254. The van der Waals surface area contributed by atoms with E-state index in [1.54, 1.807) is 60.6 Å². The Morgan fingerprint density at radius 2 is 1.75 bits per heavy atom. The summed E-state index contributed by atoms with van der Waals surface area (Å²) in [5, 5.41) is 22.7. The van der Waals surface area contributed by atoms with Gasteiger partial charge in [0.25, 0.3) is 5.91 Å². The van der Waals surface area contributed by atoms with Crippen LogP contribution in [0.15, 0.2) is 78.0 Å². The number of ether oxygens (including phenoxy) is 1. The summed E-state index contributed by atoms with van der Waals surface area (Å²) < 4.78 is 5.25. The number of carboxylic acids is 1. The number of thioether (sulfide) groups is 1. The molecular weight excluding hydrogens is 478 g/mol. The fraction of sp³-hybridized carbons (Fsp3) is 0.185. The summed E-state index contributed by atoms with van der Waals surface area (Å²) in [6.07, 6.45) is 3.92. The summed E-state index contributed by atoms with van der Waals surface area (Å²) in [6, 6.07) is 16.9. The number of amides is 1. The van der Waals surface area contributed by atoms with E-state index in [-0.39, 0.29) is 29.7 Å². The number of carbonyl (C=O) groups excluding carboxylic acids is 1. The molecule has 0 spiro atoms. The average Bonchev–Trinajstić information content (AvgIpc) is 2.88. The third-order valence-corrected chi connectivity index (χ3v) is 6.60. The van der Waals surface area contributed by atoms with E-state index in [2.05, 4.69) is 15.3 Å². The van der Waals surface area contributed by atoms with Crippen LogP contribution >= 0.6 is 11.8 Å². The Bertz CT molecular complexity index is 1360. The SMILES string of the molecule is COC[C@H](Cc1ccc(O)cc1)NC(=O)c1cc(C(=O)O)c2cc(CSc3ccncc3)ccc2n1. The van der Waals surface area contributed by atoms with Crippen molar-refractivity contribution in [1.29, 1.82) is 0 Å². The maximum absolute atomic E-state index is 13.0. The smallest absolute Gasteiger partial charge is 0.336 e. The van der Waals surface area contributed by atoms with Crippen LogP contribution in [0.25, 0.3) is 10.9 Å². The number of methoxy groups -OCH3 is 1. The van der Waals surface area contributed by atoms with Gasteiger partial charge in [-0.1, -0.05) is 18.2 Å². The number of phenolic OH excluding ortho intramolecular Hbond substituents is 1. The first-order chi connectivity index (χ1) is 17.4. The Kier molecular flexibility index (Phi) is 8.14. The molecule has 0 radical (unpaired) electrons. The second kappa shape index (κ2) is 11.7. The van der Waals surface area contributed by atoms with Gasteiger partial charge in [0.05, 0.1) is 23.7 Å². The molecule has 0 aliphatic carbocycles. The molecule has 0 bridgehead atoms. The Morgan fingerprint density at radius 3 is 2.44 bits per heavy atom. The summed E-state index contributed by atoms with van der Waals surface area (Å²) >= 11 is 1.62. The van der Waals surface area contributed by atoms with Crippen molar-refractivity contribution < 1.29 is 24.5 Å². The number of fused-ring (bicyclic) bond motifs is 1. The van der Waals surface area contributed by atoms with Crippen LogP contribution < -0.4 is 5.32 Å². The summed E-state index contributed by atoms with van der Waals surface area (Å²) in [7, 11) is 1.54. The number of hydrogen-bond donors (Lipinski definition) is 3. The summed E-state index contributed by atoms with van der Waals surface area (Å²) in [5.74, 6) is -0.811. The third kappa shape index (κ3) is 6.38. The predicted molar refractivity (Wildman–Crippen MR) is 137 cm³/mol. The average molecular weight is 504 g/mol. The van der Waals surface area contributed by atoms with Crippen LogP contribution in [-0.4, -0.2) is 51.8 Å². The molecule has 36 heavy (non-hydrogen) atoms. The molecule has 1 amide bonds. The molecule has 1 atom stereocenters. The lowest BCUT2D eigenvalue weighted by Crippen LogP contribution is -2.40. The predicted octanol–water partition coefficient (Wildman–Crippen LogP) is 4.31. The number of rotatable bonds is 10. The minimum absolute atomic E-state index is 0.0164. The van der Waals surface area contributed by atoms with E-state index in [0.717, 1.165) is 16.0 Å². The van der Waals surface area contributed by atoms with Crippen LogP contribution in [0.1, 0.15) is 32.0 Å². The lowest BCUT2D eigenvalue weighted by atomic mass is 10.0. The first kappa shape index (κ1) is 25.2. The molecule has 184 valence electrons. The quantitative estimate of drug-likeness (QED) is 0.274. The first-order valence-corrected chi connectivity index (χ1v) is 12.2. The fourth-order valence-electron chi connectivity index (χ4n) is 3.79. The maximum atomic E-state index is 13.0. The highest BCUT2D eigenvalue weighted by Crippen LogP contribution is 2.26. The molecule has 2 heterocycles. The number of phenols is 1. The molecule has 4 rings (SSSR count). The van der Waals surface area contributed by atoms with Crippen molar-refractivity contribution in [3.05, 3.63) is 95.4 Å². The van der Waals surface area contributed by atoms with Gasteiger partial charge in [-0.25, -0.2) is 9.78 Å². The molecule has 0 aliphatic heterocycles. The van der Waals surface area contributed by atoms with Gasteiger partial charge in [0.1, 0.15) is 11.4 Å². The standard InChI is InChI=1S/C27H25N3O5S/c1-35-15-19(12-17-2-5-20(31)6-3-17)29-26(32)25-14-23(27(33)34)22-13-18(4-7-24(22)30-25)16-36-21-8-10-28-11-9-21/h2-11,13-14,19,31H,12,15-16H2,1H3,(H,29,32)(H,33,34)/t19-/m0/s1. The van der Waals surface area contributed by atoms with Gasteiger partial charge in [0.15, 0.2) is 0 Å². The molecular formula is C27H25N3O5S. The van der Waals surface area contributed by atoms with Gasteiger partial charge in [-0.3, -0.25) is 9.78 Å². The molecule has 8 nitrogen and oxygen atoms in total. The molecule has 2 aromatic heterocycles. The number of carboxylic acid groups (broad SMARTS) is 1. The zero-order valence-electron chi connectivity index (χ0n) is 19.5. The van der Waals surface area contributed by atoms with Crippen LogP contribution in [0, 0.1) is 0 Å². The summed E-state index contributed by atoms with van der Waals surface area (Å²) in [4.78, 5) is 34.6. The Morgan fingerprint density at radius 1 is 1.03 bits per heavy atom. The second-order valence-corrected chi connectivity index (χ2v) is 9.23. The molecule has 0 unspecified atom stereocenters. The normalized spacial score (nSPS) is 11.8. The molecule has 9 heteroatoms. The zero-order chi connectivity index (χ0) is 25.5. The summed E-state index contributed by atoms with van der Waals surface area (Å²) in [5.41, 5.74) is 2.32. The molecule has 0 aliphatic rings. The number of aromatic carboxylic acids is 1. The largest absolute Gasteiger partial charge is 0.508 e. The Balaban J connectivity index is 1.55. The van der Waals surface area contributed by atoms with E-state index >= 15 is 0 Å². The van der Waals surface area contributed by atoms with Crippen molar-refractivity contribution in [3.8, 4) is 5.75 Å². The van der Waals surface area contributed by atoms with Crippen LogP contribution in [0.2, 0.25) is 0 Å². The molecule has 0 saturated heterocycles. The van der Waals surface area contributed by atoms with Gasteiger partial charge < -0.3 is 20.3 Å². The van der Waals surface area contributed by atoms with Crippen molar-refractivity contribution in [1.82, 2.24) is 15.3 Å². The van der Waals surface area contributed by atoms with Crippen LogP contribution in [0.3, 0.4) is 0 Å². The first-order valence-electron chi connectivity index (χ1n) is 11.2. The fourth-order valence-corrected chi connectivity index (χ4v) is 4.61. The van der Waals surface area contributed by atoms with Gasteiger partial charge >= 0.3 is 5.97 Å². The monoisotopic (exact) mass is 503 g/mol. The molecule has 3 N–H and O–H groups in total. The van der Waals surface area contributed by atoms with E-state index in [9.17, 15) is 19.8 Å². The Hall–Kier alpha value is -3.95. The van der Waals surface area contributed by atoms with E-state index < -0.39 is 11.9 Å². The van der Waals surface area contributed by atoms with E-state index in [0.29, 0.717) is 23.1 Å². The number of pyridine rings is 2. The second-order valence-electron chi connectivity index (χ2n) is 8.18. The number of carbonyl (C=O) groups is 2. The lowest BCUT2D eigenvalue weighted by molar-refractivity contribution is 0.0699. The third-order valence-electron chi connectivity index (χ3n) is 5.51. The molecule has 0 saturated carbocycles. The van der Waals surface area contributed by atoms with E-state index in [4.69, 9.17) is 4.74 Å². The number of hydrogen-bond acceptors (Lipinski definition) is 7. The van der Waals surface area contributed by atoms with Crippen LogP contribution in [-0.2, 0) is 16.9 Å². The molecule has 0 fully saturated rings. The van der Waals surface area contributed by atoms with Gasteiger partial charge in [-0.2, -0.15) is 0 Å². The van der Waals surface area contributed by atoms with E-state index in [1.807, 2.05) is 18.2 Å². The van der Waals surface area contributed by atoms with Gasteiger partial charge in [0, 0.05) is 35.5 Å². The number of aromatic hydroxyl groups is 1. The highest BCUT2D eigenvalue weighted by Gasteiger charge is 2.20. The highest BCUT2D eigenvalue weighted by atomic mass is 32.2. The number of aromatic nitrogens is 2. The number of nitrogens with one attached hydrogen (secondary N) is 1. The van der Waals surface area contributed by atoms with Crippen molar-refractivity contribution in [3.63, 3.8) is 0 Å². The minimum atomic E-state index is -1.13. The van der Waals surface area contributed by atoms with Crippen molar-refractivity contribution >= 4 is 34.5 Å². The lowest BCUT2D eigenvalue weighted by Gasteiger charge is -2.18. The molecule has 2 aromatic carbocycles. The van der Waals surface area contributed by atoms with Crippen molar-refractivity contribution in [2.45, 2.75) is 23.1 Å². The number of nitrogens with zero attached hydrogens (tertiary/aromatic N) is 2.